The molecule has 0 radical (unpaired) electrons. The molecule has 2 aromatic carbocycles. The molecule has 0 aliphatic heterocycles. The number of fused-ring (bicyclic) bond motifs is 1. The summed E-state index contributed by atoms with van der Waals surface area (Å²) in [4.78, 5) is 14.3. The molecule has 4 nitrogen and oxygen atoms in total. The molecule has 0 aromatic heterocycles. The maximum Gasteiger partial charge on any atom is 0.251 e. The molecule has 0 fully saturated rings. The number of rotatable bonds is 5. The SMILES string of the molecule is CNC(=O)c1ccc(F)cc1CC1(O)c2ccc(F)cc2CCC1CN(C)C. The predicted octanol–water partition coefficient (Wildman–Crippen LogP) is 2.88. The fourth-order valence-corrected chi connectivity index (χ4v) is 4.26. The third kappa shape index (κ3) is 3.93. The number of benzene rings is 2. The molecule has 2 aromatic rings. The molecular formula is C22H26F2N2O2. The van der Waals surface area contributed by atoms with Crippen LogP contribution in [0, 0.1) is 17.6 Å². The van der Waals surface area contributed by atoms with Gasteiger partial charge in [0.25, 0.3) is 5.91 Å². The summed E-state index contributed by atoms with van der Waals surface area (Å²) in [5, 5.41) is 14.4. The lowest BCUT2D eigenvalue weighted by atomic mass is 9.68. The van der Waals surface area contributed by atoms with E-state index in [-0.39, 0.29) is 24.1 Å². The van der Waals surface area contributed by atoms with Crippen LogP contribution in [0.3, 0.4) is 0 Å². The number of aryl methyl sites for hydroxylation is 1. The van der Waals surface area contributed by atoms with Crippen molar-refractivity contribution in [2.75, 3.05) is 27.7 Å². The van der Waals surface area contributed by atoms with Crippen molar-refractivity contribution in [3.63, 3.8) is 0 Å². The van der Waals surface area contributed by atoms with Crippen LogP contribution in [0.2, 0.25) is 0 Å². The first kappa shape index (κ1) is 20.4. The molecule has 0 spiro atoms. The van der Waals surface area contributed by atoms with Crippen LogP contribution < -0.4 is 5.32 Å². The number of nitrogens with one attached hydrogen (secondary N) is 1. The van der Waals surface area contributed by atoms with Gasteiger partial charge in [-0.1, -0.05) is 6.07 Å². The Balaban J connectivity index is 2.11. The van der Waals surface area contributed by atoms with Gasteiger partial charge in [-0.15, -0.1) is 0 Å². The second-order valence-electron chi connectivity index (χ2n) is 7.78. The number of carbonyl (C=O) groups is 1. The standard InChI is InChI=1S/C22H26F2N2O2/c1-25-21(27)19-8-6-17(23)11-15(19)12-22(28)16(13-26(2)3)5-4-14-10-18(24)7-9-20(14)22/h6-11,16,28H,4-5,12-13H2,1-3H3,(H,25,27). The minimum atomic E-state index is -1.33. The van der Waals surface area contributed by atoms with E-state index in [0.717, 1.165) is 5.56 Å². The summed E-state index contributed by atoms with van der Waals surface area (Å²) in [7, 11) is 5.37. The highest BCUT2D eigenvalue weighted by atomic mass is 19.1. The number of hydrogen-bond donors (Lipinski definition) is 2. The van der Waals surface area contributed by atoms with Gasteiger partial charge >= 0.3 is 0 Å². The number of hydrogen-bond acceptors (Lipinski definition) is 3. The van der Waals surface area contributed by atoms with Gasteiger partial charge in [0.05, 0.1) is 5.60 Å². The van der Waals surface area contributed by atoms with Gasteiger partial charge in [0.1, 0.15) is 11.6 Å². The lowest BCUT2D eigenvalue weighted by Gasteiger charge is -2.43. The topological polar surface area (TPSA) is 52.6 Å². The summed E-state index contributed by atoms with van der Waals surface area (Å²) in [6, 6.07) is 8.38. The van der Waals surface area contributed by atoms with Gasteiger partial charge in [-0.05, 0) is 74.0 Å². The van der Waals surface area contributed by atoms with E-state index in [1.807, 2.05) is 19.0 Å². The van der Waals surface area contributed by atoms with E-state index in [1.165, 1.54) is 37.4 Å². The van der Waals surface area contributed by atoms with E-state index in [2.05, 4.69) is 5.32 Å². The quantitative estimate of drug-likeness (QED) is 0.828. The molecule has 0 saturated heterocycles. The molecule has 3 rings (SSSR count). The van der Waals surface area contributed by atoms with Crippen molar-refractivity contribution in [1.29, 1.82) is 0 Å². The van der Waals surface area contributed by atoms with Crippen molar-refractivity contribution in [3.8, 4) is 0 Å². The molecule has 0 bridgehead atoms. The van der Waals surface area contributed by atoms with E-state index in [9.17, 15) is 18.7 Å². The third-order valence-corrected chi connectivity index (χ3v) is 5.56. The largest absolute Gasteiger partial charge is 0.384 e. The molecule has 6 heteroatoms. The first-order chi connectivity index (χ1) is 13.2. The second kappa shape index (κ2) is 7.97. The van der Waals surface area contributed by atoms with Crippen molar-refractivity contribution >= 4 is 5.91 Å². The smallest absolute Gasteiger partial charge is 0.251 e. The fraction of sp³-hybridized carbons (Fsp3) is 0.409. The summed E-state index contributed by atoms with van der Waals surface area (Å²) in [5.41, 5.74) is 0.842. The molecule has 2 unspecified atom stereocenters. The molecule has 150 valence electrons. The highest BCUT2D eigenvalue weighted by molar-refractivity contribution is 5.95. The van der Waals surface area contributed by atoms with Gasteiger partial charge in [-0.25, -0.2) is 8.78 Å². The van der Waals surface area contributed by atoms with Crippen LogP contribution in [0.5, 0.6) is 0 Å². The van der Waals surface area contributed by atoms with Gasteiger partial charge in [-0.3, -0.25) is 4.79 Å². The number of aliphatic hydroxyl groups is 1. The lowest BCUT2D eigenvalue weighted by molar-refractivity contribution is -0.0436. The van der Waals surface area contributed by atoms with Crippen LogP contribution in [0.15, 0.2) is 36.4 Å². The number of halogens is 2. The van der Waals surface area contributed by atoms with Crippen molar-refractivity contribution < 1.29 is 18.7 Å². The number of carbonyl (C=O) groups excluding carboxylic acids is 1. The van der Waals surface area contributed by atoms with E-state index in [1.54, 1.807) is 6.07 Å². The summed E-state index contributed by atoms with van der Waals surface area (Å²) in [6.45, 7) is 0.623. The Labute approximate surface area is 164 Å². The van der Waals surface area contributed by atoms with Crippen LogP contribution in [0.1, 0.15) is 33.5 Å². The van der Waals surface area contributed by atoms with E-state index >= 15 is 0 Å². The van der Waals surface area contributed by atoms with Gasteiger partial charge in [0.15, 0.2) is 0 Å². The normalized spacial score (nSPS) is 21.5. The Hall–Kier alpha value is -2.31. The zero-order chi connectivity index (χ0) is 20.5. The van der Waals surface area contributed by atoms with Gasteiger partial charge < -0.3 is 15.3 Å². The van der Waals surface area contributed by atoms with E-state index in [4.69, 9.17) is 0 Å². The summed E-state index contributed by atoms with van der Waals surface area (Å²) < 4.78 is 27.7. The Morgan fingerprint density at radius 2 is 1.89 bits per heavy atom. The van der Waals surface area contributed by atoms with Crippen molar-refractivity contribution in [3.05, 3.63) is 70.3 Å². The molecule has 0 saturated carbocycles. The Morgan fingerprint density at radius 3 is 2.57 bits per heavy atom. The number of nitrogens with zero attached hydrogens (tertiary/aromatic N) is 1. The molecule has 2 atom stereocenters. The molecular weight excluding hydrogens is 362 g/mol. The van der Waals surface area contributed by atoms with Crippen molar-refractivity contribution in [2.24, 2.45) is 5.92 Å². The molecule has 1 aliphatic carbocycles. The first-order valence-electron chi connectivity index (χ1n) is 9.41. The highest BCUT2D eigenvalue weighted by Crippen LogP contribution is 2.43. The molecule has 1 aliphatic rings. The van der Waals surface area contributed by atoms with Crippen LogP contribution in [0.4, 0.5) is 8.78 Å². The van der Waals surface area contributed by atoms with Crippen LogP contribution in [-0.2, 0) is 18.4 Å². The number of amides is 1. The van der Waals surface area contributed by atoms with Crippen molar-refractivity contribution in [1.82, 2.24) is 10.2 Å². The first-order valence-corrected chi connectivity index (χ1v) is 9.41. The maximum absolute atomic E-state index is 14.0. The predicted molar refractivity (Wildman–Crippen MR) is 104 cm³/mol. The van der Waals surface area contributed by atoms with Crippen molar-refractivity contribution in [2.45, 2.75) is 24.9 Å². The van der Waals surface area contributed by atoms with E-state index in [0.29, 0.717) is 36.1 Å². The third-order valence-electron chi connectivity index (χ3n) is 5.56. The molecule has 1 amide bonds. The van der Waals surface area contributed by atoms with Gasteiger partial charge in [-0.2, -0.15) is 0 Å². The Morgan fingerprint density at radius 1 is 1.21 bits per heavy atom. The second-order valence-corrected chi connectivity index (χ2v) is 7.78. The Bertz CT molecular complexity index is 885. The zero-order valence-corrected chi connectivity index (χ0v) is 16.4. The zero-order valence-electron chi connectivity index (χ0n) is 16.4. The molecule has 28 heavy (non-hydrogen) atoms. The monoisotopic (exact) mass is 388 g/mol. The van der Waals surface area contributed by atoms with Gasteiger partial charge in [0.2, 0.25) is 0 Å². The van der Waals surface area contributed by atoms with E-state index < -0.39 is 11.4 Å². The molecule has 2 N–H and O–H groups in total. The minimum Gasteiger partial charge on any atom is -0.384 e. The van der Waals surface area contributed by atoms with Crippen LogP contribution >= 0.6 is 0 Å². The summed E-state index contributed by atoms with van der Waals surface area (Å²) in [6.07, 6.45) is 1.42. The molecule has 0 heterocycles. The average Bonchev–Trinajstić information content (AvgIpc) is 2.63. The van der Waals surface area contributed by atoms with Crippen LogP contribution in [0.25, 0.3) is 0 Å². The summed E-state index contributed by atoms with van der Waals surface area (Å²) >= 11 is 0. The maximum atomic E-state index is 14.0. The van der Waals surface area contributed by atoms with Crippen LogP contribution in [-0.4, -0.2) is 43.6 Å². The fourth-order valence-electron chi connectivity index (χ4n) is 4.26. The average molecular weight is 388 g/mol. The lowest BCUT2D eigenvalue weighted by Crippen LogP contribution is -2.46. The van der Waals surface area contributed by atoms with Gasteiger partial charge in [0, 0.05) is 31.5 Å². The highest BCUT2D eigenvalue weighted by Gasteiger charge is 2.43. The minimum absolute atomic E-state index is 0.0741. The Kier molecular flexibility index (Phi) is 5.82. The summed E-state index contributed by atoms with van der Waals surface area (Å²) in [5.74, 6) is -1.28.